The van der Waals surface area contributed by atoms with E-state index in [1.165, 1.54) is 11.3 Å². The molecule has 2 rings (SSSR count). The number of carbonyl (C=O) groups excluding carboxylic acids is 1. The number of carbonyl (C=O) groups is 1. The molecule has 1 fully saturated rings. The molecule has 0 aliphatic carbocycles. The topological polar surface area (TPSA) is 80.5 Å². The van der Waals surface area contributed by atoms with E-state index >= 15 is 0 Å². The van der Waals surface area contributed by atoms with E-state index in [2.05, 4.69) is 29.0 Å². The van der Waals surface area contributed by atoms with E-state index in [1.807, 2.05) is 6.92 Å². The third-order valence-electron chi connectivity index (χ3n) is 3.91. The number of nitrogens with zero attached hydrogens (tertiary/aromatic N) is 2. The second kappa shape index (κ2) is 7.09. The summed E-state index contributed by atoms with van der Waals surface area (Å²) >= 11 is 1.36. The van der Waals surface area contributed by atoms with Crippen LogP contribution in [0, 0.1) is 5.92 Å². The van der Waals surface area contributed by atoms with Crippen molar-refractivity contribution in [3.05, 3.63) is 4.88 Å². The van der Waals surface area contributed by atoms with E-state index in [9.17, 15) is 4.79 Å². The largest absolute Gasteiger partial charge is 0.382 e. The first-order valence-electron chi connectivity index (χ1n) is 7.46. The third kappa shape index (κ3) is 3.65. The predicted molar refractivity (Wildman–Crippen MR) is 85.9 cm³/mol. The van der Waals surface area contributed by atoms with Crippen LogP contribution in [0.5, 0.6) is 0 Å². The molecule has 2 unspecified atom stereocenters. The second-order valence-corrected chi connectivity index (χ2v) is 6.25. The van der Waals surface area contributed by atoms with Crippen molar-refractivity contribution in [3.63, 3.8) is 0 Å². The van der Waals surface area contributed by atoms with E-state index in [-0.39, 0.29) is 11.9 Å². The number of nitrogens with one attached hydrogen (secondary N) is 1. The zero-order valence-electron chi connectivity index (χ0n) is 12.9. The summed E-state index contributed by atoms with van der Waals surface area (Å²) in [6.45, 7) is 9.32. The molecule has 118 valence electrons. The van der Waals surface area contributed by atoms with Crippen molar-refractivity contribution in [2.75, 3.05) is 36.9 Å². The Labute approximate surface area is 129 Å². The number of aromatic nitrogens is 1. The first-order chi connectivity index (χ1) is 10.1. The van der Waals surface area contributed by atoms with Gasteiger partial charge in [0.15, 0.2) is 5.13 Å². The average molecular weight is 312 g/mol. The number of thiazole rings is 1. The fourth-order valence-corrected chi connectivity index (χ4v) is 3.47. The minimum absolute atomic E-state index is 0.0819. The van der Waals surface area contributed by atoms with Crippen LogP contribution < -0.4 is 16.0 Å². The number of nitrogen functional groups attached to an aromatic ring is 1. The summed E-state index contributed by atoms with van der Waals surface area (Å²) in [7, 11) is 0. The first kappa shape index (κ1) is 16.0. The summed E-state index contributed by atoms with van der Waals surface area (Å²) in [4.78, 5) is 19.3. The van der Waals surface area contributed by atoms with Gasteiger partial charge in [0.25, 0.3) is 5.91 Å². The maximum atomic E-state index is 12.4. The van der Waals surface area contributed by atoms with Gasteiger partial charge in [-0.2, -0.15) is 0 Å². The zero-order valence-corrected chi connectivity index (χ0v) is 13.7. The quantitative estimate of drug-likeness (QED) is 0.836. The molecule has 3 N–H and O–H groups in total. The third-order valence-corrected chi connectivity index (χ3v) is 5.04. The van der Waals surface area contributed by atoms with Gasteiger partial charge in [0.2, 0.25) is 0 Å². The highest BCUT2D eigenvalue weighted by atomic mass is 32.1. The molecule has 6 nitrogen and oxygen atoms in total. The highest BCUT2D eigenvalue weighted by Crippen LogP contribution is 2.28. The number of hydrogen-bond donors (Lipinski definition) is 2. The lowest BCUT2D eigenvalue weighted by Crippen LogP contribution is -2.38. The Morgan fingerprint density at radius 3 is 2.86 bits per heavy atom. The average Bonchev–Trinajstić information content (AvgIpc) is 3.10. The minimum atomic E-state index is -0.136. The maximum Gasteiger partial charge on any atom is 0.265 e. The highest BCUT2D eigenvalue weighted by Gasteiger charge is 2.26. The standard InChI is InChI=1S/C14H24N4O2S/c1-4-18(5-2)14-17-12(15)11(21-14)13(19)16-9(3)10-6-7-20-8-10/h9-10H,4-8,15H2,1-3H3,(H,16,19). The zero-order chi connectivity index (χ0) is 15.4. The first-order valence-corrected chi connectivity index (χ1v) is 8.28. The molecule has 1 saturated heterocycles. The van der Waals surface area contributed by atoms with Crippen molar-refractivity contribution < 1.29 is 9.53 Å². The molecular formula is C14H24N4O2S. The van der Waals surface area contributed by atoms with Crippen LogP contribution in [-0.2, 0) is 4.74 Å². The molecule has 1 aliphatic heterocycles. The van der Waals surface area contributed by atoms with Gasteiger partial charge in [-0.1, -0.05) is 11.3 Å². The van der Waals surface area contributed by atoms with E-state index in [1.54, 1.807) is 0 Å². The Balaban J connectivity index is 2.04. The lowest BCUT2D eigenvalue weighted by atomic mass is 10.0. The summed E-state index contributed by atoms with van der Waals surface area (Å²) in [6, 6.07) is 0.0819. The Hall–Kier alpha value is -1.34. The van der Waals surface area contributed by atoms with E-state index in [0.717, 1.165) is 31.2 Å². The molecule has 0 aromatic carbocycles. The molecule has 1 aliphatic rings. The van der Waals surface area contributed by atoms with Crippen LogP contribution in [-0.4, -0.2) is 43.2 Å². The van der Waals surface area contributed by atoms with E-state index < -0.39 is 0 Å². The van der Waals surface area contributed by atoms with E-state index in [4.69, 9.17) is 10.5 Å². The Kier molecular flexibility index (Phi) is 5.41. The summed E-state index contributed by atoms with van der Waals surface area (Å²) in [5.74, 6) is 0.558. The van der Waals surface area contributed by atoms with Gasteiger partial charge >= 0.3 is 0 Å². The van der Waals surface area contributed by atoms with Crippen molar-refractivity contribution in [3.8, 4) is 0 Å². The van der Waals surface area contributed by atoms with Crippen LogP contribution in [0.25, 0.3) is 0 Å². The molecule has 2 heterocycles. The van der Waals surface area contributed by atoms with Gasteiger partial charge in [-0.25, -0.2) is 4.98 Å². The molecule has 1 aromatic rings. The maximum absolute atomic E-state index is 12.4. The number of anilines is 2. The highest BCUT2D eigenvalue weighted by molar-refractivity contribution is 7.18. The van der Waals surface area contributed by atoms with Gasteiger partial charge in [-0.05, 0) is 27.2 Å². The summed E-state index contributed by atoms with van der Waals surface area (Å²) in [5.41, 5.74) is 5.91. The van der Waals surface area contributed by atoms with Gasteiger partial charge in [-0.15, -0.1) is 0 Å². The van der Waals surface area contributed by atoms with Crippen LogP contribution in [0.4, 0.5) is 10.9 Å². The van der Waals surface area contributed by atoms with Crippen molar-refractivity contribution in [2.24, 2.45) is 5.92 Å². The summed E-state index contributed by atoms with van der Waals surface area (Å²) in [5, 5.41) is 3.83. The van der Waals surface area contributed by atoms with Crippen molar-refractivity contribution in [2.45, 2.75) is 33.2 Å². The number of ether oxygens (including phenoxy) is 1. The SMILES string of the molecule is CCN(CC)c1nc(N)c(C(=O)NC(C)C2CCOC2)s1. The van der Waals surface area contributed by atoms with Crippen molar-refractivity contribution >= 4 is 28.2 Å². The molecule has 1 aromatic heterocycles. The van der Waals surface area contributed by atoms with Crippen molar-refractivity contribution in [1.82, 2.24) is 10.3 Å². The molecule has 0 bridgehead atoms. The number of hydrogen-bond acceptors (Lipinski definition) is 6. The number of amides is 1. The molecule has 0 saturated carbocycles. The Bertz CT molecular complexity index is 481. The lowest BCUT2D eigenvalue weighted by Gasteiger charge is -2.18. The molecule has 7 heteroatoms. The molecule has 1 amide bonds. The van der Waals surface area contributed by atoms with Gasteiger partial charge < -0.3 is 20.7 Å². The van der Waals surface area contributed by atoms with Gasteiger partial charge in [0, 0.05) is 31.7 Å². The molecule has 21 heavy (non-hydrogen) atoms. The normalized spacial score (nSPS) is 19.5. The summed E-state index contributed by atoms with van der Waals surface area (Å²) in [6.07, 6.45) is 0.990. The second-order valence-electron chi connectivity index (χ2n) is 5.27. The number of nitrogens with two attached hydrogens (primary N) is 1. The molecule has 0 radical (unpaired) electrons. The van der Waals surface area contributed by atoms with Crippen LogP contribution in [0.1, 0.15) is 36.9 Å². The fraction of sp³-hybridized carbons (Fsp3) is 0.714. The van der Waals surface area contributed by atoms with Gasteiger partial charge in [-0.3, -0.25) is 4.79 Å². The lowest BCUT2D eigenvalue weighted by molar-refractivity contribution is 0.0927. The molecular weight excluding hydrogens is 288 g/mol. The summed E-state index contributed by atoms with van der Waals surface area (Å²) < 4.78 is 5.36. The van der Waals surface area contributed by atoms with Crippen molar-refractivity contribution in [1.29, 1.82) is 0 Å². The predicted octanol–water partition coefficient (Wildman–Crippen LogP) is 1.73. The smallest absolute Gasteiger partial charge is 0.265 e. The number of rotatable bonds is 6. The van der Waals surface area contributed by atoms with Crippen LogP contribution in [0.2, 0.25) is 0 Å². The van der Waals surface area contributed by atoms with Gasteiger partial charge in [0.05, 0.1) is 6.61 Å². The monoisotopic (exact) mass is 312 g/mol. The minimum Gasteiger partial charge on any atom is -0.382 e. The van der Waals surface area contributed by atoms with Crippen LogP contribution in [0.15, 0.2) is 0 Å². The fourth-order valence-electron chi connectivity index (χ4n) is 2.45. The Morgan fingerprint density at radius 2 is 2.29 bits per heavy atom. The van der Waals surface area contributed by atoms with Gasteiger partial charge in [0.1, 0.15) is 10.7 Å². The molecule has 0 spiro atoms. The molecule has 2 atom stereocenters. The Morgan fingerprint density at radius 1 is 1.57 bits per heavy atom. The van der Waals surface area contributed by atoms with Crippen LogP contribution in [0.3, 0.4) is 0 Å². The van der Waals surface area contributed by atoms with E-state index in [0.29, 0.717) is 23.2 Å². The van der Waals surface area contributed by atoms with Crippen LogP contribution >= 0.6 is 11.3 Å².